The minimum atomic E-state index is -0.673. The van der Waals surface area contributed by atoms with Gasteiger partial charge in [0, 0.05) is 20.0 Å². The predicted octanol–water partition coefficient (Wildman–Crippen LogP) is 2.57. The van der Waals surface area contributed by atoms with Crippen molar-refractivity contribution < 1.29 is 23.9 Å². The first kappa shape index (κ1) is 28.4. The number of alkyl carbamates (subject to hydrolysis) is 1. The number of nitrogens with one attached hydrogen (secondary N) is 2. The van der Waals surface area contributed by atoms with Crippen molar-refractivity contribution in [2.75, 3.05) is 26.2 Å². The van der Waals surface area contributed by atoms with Gasteiger partial charge in [-0.2, -0.15) is 0 Å². The first-order chi connectivity index (χ1) is 19.0. The van der Waals surface area contributed by atoms with E-state index in [1.807, 2.05) is 26.8 Å². The van der Waals surface area contributed by atoms with Crippen LogP contribution in [0.3, 0.4) is 0 Å². The Morgan fingerprint density at radius 3 is 2.48 bits per heavy atom. The minimum absolute atomic E-state index is 0.0208. The third-order valence-electron chi connectivity index (χ3n) is 8.25. The molecule has 4 heterocycles. The minimum Gasteiger partial charge on any atom is -0.444 e. The van der Waals surface area contributed by atoms with Gasteiger partial charge in [-0.1, -0.05) is 6.07 Å². The Hall–Kier alpha value is -3.18. The number of imide groups is 1. The van der Waals surface area contributed by atoms with Gasteiger partial charge in [-0.25, -0.2) is 9.59 Å². The topological polar surface area (TPSA) is 124 Å². The van der Waals surface area contributed by atoms with Crippen LogP contribution in [0.4, 0.5) is 4.79 Å². The van der Waals surface area contributed by atoms with Gasteiger partial charge in [-0.3, -0.25) is 24.0 Å². The summed E-state index contributed by atoms with van der Waals surface area (Å²) in [6, 6.07) is 5.41. The largest absolute Gasteiger partial charge is 0.444 e. The molecule has 218 valence electrons. The molecule has 40 heavy (non-hydrogen) atoms. The fourth-order valence-electron chi connectivity index (χ4n) is 6.14. The predicted molar refractivity (Wildman–Crippen MR) is 149 cm³/mol. The number of likely N-dealkylation sites (tertiary alicyclic amines) is 1. The highest BCUT2D eigenvalue weighted by Gasteiger charge is 2.32. The van der Waals surface area contributed by atoms with Crippen LogP contribution in [-0.4, -0.2) is 75.9 Å². The second kappa shape index (κ2) is 11.4. The maximum Gasteiger partial charge on any atom is 0.407 e. The van der Waals surface area contributed by atoms with Crippen molar-refractivity contribution in [3.8, 4) is 0 Å². The van der Waals surface area contributed by atoms with Crippen molar-refractivity contribution in [3.05, 3.63) is 34.2 Å². The van der Waals surface area contributed by atoms with Gasteiger partial charge in [0.05, 0.1) is 29.8 Å². The molecule has 3 saturated heterocycles. The van der Waals surface area contributed by atoms with Crippen molar-refractivity contribution in [1.29, 1.82) is 0 Å². The lowest BCUT2D eigenvalue weighted by Gasteiger charge is -2.37. The number of hydrogen-bond donors (Lipinski definition) is 2. The Kier molecular flexibility index (Phi) is 8.05. The molecular formula is C29H41N5O6. The fraction of sp³-hybridized carbons (Fsp3) is 0.655. The lowest BCUT2D eigenvalue weighted by Crippen LogP contribution is -2.47. The van der Waals surface area contributed by atoms with Crippen LogP contribution in [0.15, 0.2) is 23.0 Å². The van der Waals surface area contributed by atoms with Crippen molar-refractivity contribution in [2.24, 2.45) is 7.05 Å². The second-order valence-electron chi connectivity index (χ2n) is 12.4. The third kappa shape index (κ3) is 6.25. The van der Waals surface area contributed by atoms with Crippen LogP contribution >= 0.6 is 0 Å². The number of piperidine rings is 2. The number of carbonyl (C=O) groups excluding carboxylic acids is 3. The summed E-state index contributed by atoms with van der Waals surface area (Å²) in [6.07, 6.45) is 4.12. The van der Waals surface area contributed by atoms with Crippen molar-refractivity contribution in [1.82, 2.24) is 24.7 Å². The number of nitrogens with zero attached hydrogens (tertiary/aromatic N) is 3. The molecule has 0 radical (unpaired) electrons. The maximum atomic E-state index is 13.1. The molecule has 11 heteroatoms. The lowest BCUT2D eigenvalue weighted by atomic mass is 9.89. The Morgan fingerprint density at radius 2 is 1.82 bits per heavy atom. The van der Waals surface area contributed by atoms with Crippen molar-refractivity contribution in [3.63, 3.8) is 0 Å². The average Bonchev–Trinajstić information content (AvgIpc) is 3.14. The van der Waals surface area contributed by atoms with E-state index in [1.165, 1.54) is 10.1 Å². The van der Waals surface area contributed by atoms with Crippen molar-refractivity contribution >= 4 is 28.9 Å². The number of amides is 3. The molecule has 3 amide bonds. The monoisotopic (exact) mass is 555 g/mol. The van der Waals surface area contributed by atoms with Crippen LogP contribution in [0.2, 0.25) is 0 Å². The van der Waals surface area contributed by atoms with Crippen LogP contribution in [0.25, 0.3) is 11.0 Å². The zero-order valence-corrected chi connectivity index (χ0v) is 23.9. The maximum absolute atomic E-state index is 13.1. The van der Waals surface area contributed by atoms with Gasteiger partial charge in [0.25, 0.3) is 0 Å². The summed E-state index contributed by atoms with van der Waals surface area (Å²) >= 11 is 0. The summed E-state index contributed by atoms with van der Waals surface area (Å²) in [7, 11) is 1.73. The molecule has 2 N–H and O–H groups in total. The Morgan fingerprint density at radius 1 is 1.07 bits per heavy atom. The molecule has 3 fully saturated rings. The SMILES string of the molecule is Cn1c(=O)n(C2CCC(=O)NC2=O)c2ccc(C3CCN(CC4CCC(NC(=O)OC(C)(C)C)CO4)CC3)cc21. The highest BCUT2D eigenvalue weighted by molar-refractivity contribution is 6.00. The molecule has 2 aromatic rings. The zero-order valence-electron chi connectivity index (χ0n) is 23.9. The van der Waals surface area contributed by atoms with Gasteiger partial charge < -0.3 is 19.7 Å². The molecule has 1 aromatic heterocycles. The highest BCUT2D eigenvalue weighted by atomic mass is 16.6. The van der Waals surface area contributed by atoms with Gasteiger partial charge in [-0.05, 0) is 89.6 Å². The Bertz CT molecular complexity index is 1320. The average molecular weight is 556 g/mol. The van der Waals surface area contributed by atoms with E-state index in [0.29, 0.717) is 18.9 Å². The Labute approximate surface area is 234 Å². The number of imidazole rings is 1. The number of benzene rings is 1. The smallest absolute Gasteiger partial charge is 0.407 e. The molecule has 0 bridgehead atoms. The molecule has 11 nitrogen and oxygen atoms in total. The molecule has 1 aromatic carbocycles. The van der Waals surface area contributed by atoms with Crippen LogP contribution in [0.1, 0.15) is 76.8 Å². The van der Waals surface area contributed by atoms with Crippen LogP contribution in [0, 0.1) is 0 Å². The number of aryl methyl sites for hydroxylation is 1. The molecule has 5 rings (SSSR count). The van der Waals surface area contributed by atoms with E-state index in [2.05, 4.69) is 27.7 Å². The van der Waals surface area contributed by atoms with Gasteiger partial charge in [0.15, 0.2) is 0 Å². The van der Waals surface area contributed by atoms with E-state index < -0.39 is 23.6 Å². The number of fused-ring (bicyclic) bond motifs is 1. The van der Waals surface area contributed by atoms with E-state index in [4.69, 9.17) is 9.47 Å². The van der Waals surface area contributed by atoms with Crippen molar-refractivity contribution in [2.45, 2.75) is 89.0 Å². The molecule has 3 atom stereocenters. The van der Waals surface area contributed by atoms with E-state index in [1.54, 1.807) is 11.6 Å². The molecule has 3 aliphatic heterocycles. The number of aromatic nitrogens is 2. The summed E-state index contributed by atoms with van der Waals surface area (Å²) in [4.78, 5) is 51.6. The Balaban J connectivity index is 1.14. The van der Waals surface area contributed by atoms with E-state index in [-0.39, 0.29) is 30.2 Å². The first-order valence-corrected chi connectivity index (χ1v) is 14.4. The van der Waals surface area contributed by atoms with Crippen LogP contribution in [0.5, 0.6) is 0 Å². The molecule has 0 saturated carbocycles. The number of rotatable bonds is 5. The molecular weight excluding hydrogens is 514 g/mol. The summed E-state index contributed by atoms with van der Waals surface area (Å²) in [5.41, 5.74) is 1.97. The number of hydrogen-bond acceptors (Lipinski definition) is 7. The van der Waals surface area contributed by atoms with Crippen LogP contribution < -0.4 is 16.3 Å². The lowest BCUT2D eigenvalue weighted by molar-refractivity contribution is -0.135. The van der Waals surface area contributed by atoms with Gasteiger partial charge in [-0.15, -0.1) is 0 Å². The standard InChI is InChI=1S/C29H41N5O6/c1-29(2,3)40-27(37)30-20-6-7-21(39-17-20)16-33-13-11-18(12-14-33)19-5-8-22-24(15-19)32(4)28(38)34(22)23-9-10-25(35)31-26(23)36/h5,8,15,18,20-21,23H,6-7,9-14,16-17H2,1-4H3,(H,30,37)(H,31,35,36). The molecule has 3 unspecified atom stereocenters. The van der Waals surface area contributed by atoms with E-state index in [0.717, 1.165) is 56.4 Å². The second-order valence-corrected chi connectivity index (χ2v) is 12.4. The number of ether oxygens (including phenoxy) is 2. The fourth-order valence-corrected chi connectivity index (χ4v) is 6.14. The molecule has 0 aliphatic carbocycles. The zero-order chi connectivity index (χ0) is 28.6. The molecule has 3 aliphatic rings. The summed E-state index contributed by atoms with van der Waals surface area (Å²) in [5, 5.41) is 5.27. The highest BCUT2D eigenvalue weighted by Crippen LogP contribution is 2.32. The molecule has 0 spiro atoms. The summed E-state index contributed by atoms with van der Waals surface area (Å²) in [6.45, 7) is 8.88. The van der Waals surface area contributed by atoms with Crippen LogP contribution in [-0.2, 0) is 26.1 Å². The quantitative estimate of drug-likeness (QED) is 0.544. The summed E-state index contributed by atoms with van der Waals surface area (Å²) < 4.78 is 14.6. The normalized spacial score (nSPS) is 25.1. The van der Waals surface area contributed by atoms with Gasteiger partial charge in [0.2, 0.25) is 11.8 Å². The van der Waals surface area contributed by atoms with E-state index >= 15 is 0 Å². The summed E-state index contributed by atoms with van der Waals surface area (Å²) in [5.74, 6) is -0.318. The third-order valence-corrected chi connectivity index (χ3v) is 8.25. The van der Waals surface area contributed by atoms with Gasteiger partial charge >= 0.3 is 11.8 Å². The number of carbonyl (C=O) groups is 3. The van der Waals surface area contributed by atoms with E-state index in [9.17, 15) is 19.2 Å². The first-order valence-electron chi connectivity index (χ1n) is 14.4. The van der Waals surface area contributed by atoms with Gasteiger partial charge in [0.1, 0.15) is 11.6 Å².